The number of rotatable bonds is 8. The van der Waals surface area contributed by atoms with E-state index in [0.717, 1.165) is 19.0 Å². The Balaban J connectivity index is 1.97. The van der Waals surface area contributed by atoms with Gasteiger partial charge in [-0.15, -0.1) is 0 Å². The van der Waals surface area contributed by atoms with Crippen LogP contribution >= 0.6 is 0 Å². The second kappa shape index (κ2) is 6.41. The maximum Gasteiger partial charge on any atom is 0.00511 e. The molecular weight excluding hydrogens is 172 g/mol. The highest BCUT2D eigenvalue weighted by Gasteiger charge is 2.21. The smallest absolute Gasteiger partial charge is 0.00511 e. The molecule has 1 unspecified atom stereocenters. The molecule has 0 aromatic rings. The largest absolute Gasteiger partial charge is 0.328 e. The molecule has 1 saturated carbocycles. The molecule has 0 saturated heterocycles. The van der Waals surface area contributed by atoms with Crippen LogP contribution < -0.4 is 5.73 Å². The van der Waals surface area contributed by atoms with E-state index in [1.165, 1.54) is 38.6 Å². The first-order valence-electron chi connectivity index (χ1n) is 6.24. The number of hydrogen-bond acceptors (Lipinski definition) is 2. The molecule has 0 radical (unpaired) electrons. The molecule has 1 aliphatic rings. The number of nitrogens with zero attached hydrogens (tertiary/aromatic N) is 1. The lowest BCUT2D eigenvalue weighted by Gasteiger charge is -2.20. The Morgan fingerprint density at radius 3 is 2.36 bits per heavy atom. The van der Waals surface area contributed by atoms with Crippen LogP contribution in [0.25, 0.3) is 0 Å². The third-order valence-corrected chi connectivity index (χ3v) is 3.35. The monoisotopic (exact) mass is 198 g/mol. The Morgan fingerprint density at radius 2 is 1.86 bits per heavy atom. The molecule has 1 aliphatic carbocycles. The lowest BCUT2D eigenvalue weighted by molar-refractivity contribution is 0.286. The average molecular weight is 198 g/mol. The summed E-state index contributed by atoms with van der Waals surface area (Å²) in [4.78, 5) is 2.46. The lowest BCUT2D eigenvalue weighted by Crippen LogP contribution is -2.30. The first-order chi connectivity index (χ1) is 6.76. The van der Waals surface area contributed by atoms with Gasteiger partial charge in [-0.2, -0.15) is 0 Å². The van der Waals surface area contributed by atoms with Crippen molar-refractivity contribution in [3.63, 3.8) is 0 Å². The van der Waals surface area contributed by atoms with Crippen molar-refractivity contribution in [2.75, 3.05) is 19.6 Å². The zero-order valence-corrected chi connectivity index (χ0v) is 9.84. The predicted octanol–water partition coefficient (Wildman–Crippen LogP) is 2.24. The topological polar surface area (TPSA) is 29.3 Å². The van der Waals surface area contributed by atoms with Crippen LogP contribution in [0.15, 0.2) is 0 Å². The van der Waals surface area contributed by atoms with Crippen molar-refractivity contribution in [3.05, 3.63) is 0 Å². The predicted molar refractivity (Wildman–Crippen MR) is 62.3 cm³/mol. The molecule has 2 heteroatoms. The minimum absolute atomic E-state index is 0.441. The minimum atomic E-state index is 0.441. The van der Waals surface area contributed by atoms with Crippen molar-refractivity contribution >= 4 is 0 Å². The molecule has 0 bridgehead atoms. The Labute approximate surface area is 88.8 Å². The van der Waals surface area contributed by atoms with Crippen molar-refractivity contribution in [3.8, 4) is 0 Å². The van der Waals surface area contributed by atoms with Crippen LogP contribution in [-0.4, -0.2) is 30.6 Å². The van der Waals surface area contributed by atoms with Gasteiger partial charge in [0.15, 0.2) is 0 Å². The van der Waals surface area contributed by atoms with Crippen molar-refractivity contribution in [1.82, 2.24) is 4.90 Å². The first kappa shape index (κ1) is 12.0. The van der Waals surface area contributed by atoms with Gasteiger partial charge in [-0.25, -0.2) is 0 Å². The molecule has 2 nitrogen and oxygen atoms in total. The number of nitrogens with two attached hydrogens (primary N) is 1. The van der Waals surface area contributed by atoms with Crippen molar-refractivity contribution in [2.24, 2.45) is 11.7 Å². The molecule has 1 rings (SSSR count). The summed E-state index contributed by atoms with van der Waals surface area (Å²) < 4.78 is 0. The summed E-state index contributed by atoms with van der Waals surface area (Å²) in [6, 6.07) is 0.441. The third kappa shape index (κ3) is 4.97. The quantitative estimate of drug-likeness (QED) is 0.648. The molecule has 0 spiro atoms. The molecular formula is C12H26N2. The Bertz CT molecular complexity index is 139. The van der Waals surface area contributed by atoms with E-state index in [0.29, 0.717) is 6.04 Å². The van der Waals surface area contributed by atoms with Gasteiger partial charge in [-0.1, -0.05) is 26.7 Å². The summed E-state index contributed by atoms with van der Waals surface area (Å²) >= 11 is 0. The Hall–Kier alpha value is -0.0800. The molecule has 0 aromatic heterocycles. The standard InChI is InChI=1S/C12H26N2/c1-3-14(4-2)10-9-12(13)8-7-11-5-6-11/h11-12H,3-10,13H2,1-2H3. The van der Waals surface area contributed by atoms with Gasteiger partial charge in [-0.3, -0.25) is 0 Å². The van der Waals surface area contributed by atoms with E-state index in [2.05, 4.69) is 18.7 Å². The highest BCUT2D eigenvalue weighted by Crippen LogP contribution is 2.33. The van der Waals surface area contributed by atoms with Crippen LogP contribution in [0.4, 0.5) is 0 Å². The molecule has 0 aliphatic heterocycles. The van der Waals surface area contributed by atoms with Gasteiger partial charge in [0.1, 0.15) is 0 Å². The minimum Gasteiger partial charge on any atom is -0.328 e. The second-order valence-electron chi connectivity index (χ2n) is 4.60. The van der Waals surface area contributed by atoms with Gasteiger partial charge in [0.25, 0.3) is 0 Å². The average Bonchev–Trinajstić information content (AvgIpc) is 3.00. The fourth-order valence-electron chi connectivity index (χ4n) is 1.89. The summed E-state index contributed by atoms with van der Waals surface area (Å²) in [5.74, 6) is 1.04. The van der Waals surface area contributed by atoms with E-state index in [1.807, 2.05) is 0 Å². The van der Waals surface area contributed by atoms with Gasteiger partial charge >= 0.3 is 0 Å². The van der Waals surface area contributed by atoms with Crippen molar-refractivity contribution < 1.29 is 0 Å². The van der Waals surface area contributed by atoms with Gasteiger partial charge < -0.3 is 10.6 Å². The summed E-state index contributed by atoms with van der Waals surface area (Å²) in [5.41, 5.74) is 6.08. The van der Waals surface area contributed by atoms with E-state index in [9.17, 15) is 0 Å². The molecule has 1 fully saturated rings. The fourth-order valence-corrected chi connectivity index (χ4v) is 1.89. The highest BCUT2D eigenvalue weighted by molar-refractivity contribution is 4.75. The molecule has 0 heterocycles. The summed E-state index contributed by atoms with van der Waals surface area (Å²) in [6.07, 6.45) is 6.71. The van der Waals surface area contributed by atoms with Crippen LogP contribution in [0.2, 0.25) is 0 Å². The zero-order chi connectivity index (χ0) is 10.4. The van der Waals surface area contributed by atoms with E-state index in [4.69, 9.17) is 5.73 Å². The number of hydrogen-bond donors (Lipinski definition) is 1. The van der Waals surface area contributed by atoms with Gasteiger partial charge in [0.2, 0.25) is 0 Å². The van der Waals surface area contributed by atoms with E-state index in [-0.39, 0.29) is 0 Å². The van der Waals surface area contributed by atoms with Crippen LogP contribution in [0.3, 0.4) is 0 Å². The molecule has 2 N–H and O–H groups in total. The summed E-state index contributed by atoms with van der Waals surface area (Å²) in [7, 11) is 0. The van der Waals surface area contributed by atoms with Crippen molar-refractivity contribution in [2.45, 2.75) is 52.0 Å². The van der Waals surface area contributed by atoms with E-state index in [1.54, 1.807) is 0 Å². The fraction of sp³-hybridized carbons (Fsp3) is 1.00. The second-order valence-corrected chi connectivity index (χ2v) is 4.60. The molecule has 84 valence electrons. The Morgan fingerprint density at radius 1 is 1.21 bits per heavy atom. The molecule has 0 amide bonds. The first-order valence-corrected chi connectivity index (χ1v) is 6.24. The third-order valence-electron chi connectivity index (χ3n) is 3.35. The van der Waals surface area contributed by atoms with Crippen molar-refractivity contribution in [1.29, 1.82) is 0 Å². The zero-order valence-electron chi connectivity index (χ0n) is 9.84. The van der Waals surface area contributed by atoms with E-state index < -0.39 is 0 Å². The van der Waals surface area contributed by atoms with Gasteiger partial charge in [-0.05, 0) is 44.8 Å². The maximum atomic E-state index is 6.08. The van der Waals surface area contributed by atoms with Gasteiger partial charge in [0, 0.05) is 6.04 Å². The highest BCUT2D eigenvalue weighted by atomic mass is 15.1. The van der Waals surface area contributed by atoms with Crippen LogP contribution in [0.1, 0.15) is 46.0 Å². The van der Waals surface area contributed by atoms with Gasteiger partial charge in [0.05, 0.1) is 0 Å². The molecule has 1 atom stereocenters. The normalized spacial score (nSPS) is 18.9. The lowest BCUT2D eigenvalue weighted by atomic mass is 10.1. The van der Waals surface area contributed by atoms with Crippen LogP contribution in [-0.2, 0) is 0 Å². The van der Waals surface area contributed by atoms with Crippen LogP contribution in [0.5, 0.6) is 0 Å². The summed E-state index contributed by atoms with van der Waals surface area (Å²) in [6.45, 7) is 7.94. The molecule has 14 heavy (non-hydrogen) atoms. The van der Waals surface area contributed by atoms with E-state index >= 15 is 0 Å². The molecule has 0 aromatic carbocycles. The van der Waals surface area contributed by atoms with Crippen LogP contribution in [0, 0.1) is 5.92 Å². The Kier molecular flexibility index (Phi) is 5.49. The summed E-state index contributed by atoms with van der Waals surface area (Å²) in [5, 5.41) is 0. The maximum absolute atomic E-state index is 6.08. The SMILES string of the molecule is CCN(CC)CCC(N)CCC1CC1.